The van der Waals surface area contributed by atoms with Gasteiger partial charge in [0.2, 0.25) is 5.79 Å². The standard InChI is InChI=1S/C10H16O2/c1-4-9-7-11-10(5-2,6-3)12-8-9/h5-6,9H,2-4,7-8H2,1H3. The minimum atomic E-state index is -0.730. The molecule has 0 bridgehead atoms. The van der Waals surface area contributed by atoms with E-state index in [2.05, 4.69) is 20.1 Å². The normalized spacial score (nSPS) is 23.4. The van der Waals surface area contributed by atoms with E-state index in [4.69, 9.17) is 9.47 Å². The first-order chi connectivity index (χ1) is 5.76. The molecule has 0 aromatic rings. The first-order valence-corrected chi connectivity index (χ1v) is 4.31. The van der Waals surface area contributed by atoms with Gasteiger partial charge in [-0.2, -0.15) is 0 Å². The number of ether oxygens (including phenoxy) is 2. The molecule has 68 valence electrons. The second-order valence-corrected chi connectivity index (χ2v) is 3.03. The molecule has 0 aromatic heterocycles. The van der Waals surface area contributed by atoms with Crippen molar-refractivity contribution < 1.29 is 9.47 Å². The molecule has 2 nitrogen and oxygen atoms in total. The van der Waals surface area contributed by atoms with E-state index >= 15 is 0 Å². The quantitative estimate of drug-likeness (QED) is 0.601. The maximum atomic E-state index is 5.51. The fourth-order valence-electron chi connectivity index (χ4n) is 1.14. The second kappa shape index (κ2) is 3.87. The van der Waals surface area contributed by atoms with Crippen LogP contribution < -0.4 is 0 Å². The maximum Gasteiger partial charge on any atom is 0.207 e. The molecule has 1 saturated heterocycles. The topological polar surface area (TPSA) is 18.5 Å². The maximum absolute atomic E-state index is 5.51. The zero-order valence-electron chi connectivity index (χ0n) is 7.58. The van der Waals surface area contributed by atoms with E-state index in [0.717, 1.165) is 19.6 Å². The highest BCUT2D eigenvalue weighted by Crippen LogP contribution is 2.24. The van der Waals surface area contributed by atoms with Gasteiger partial charge >= 0.3 is 0 Å². The average molecular weight is 168 g/mol. The van der Waals surface area contributed by atoms with Crippen molar-refractivity contribution in [1.29, 1.82) is 0 Å². The number of hydrogen-bond donors (Lipinski definition) is 0. The van der Waals surface area contributed by atoms with E-state index < -0.39 is 5.79 Å². The summed E-state index contributed by atoms with van der Waals surface area (Å²) < 4.78 is 11.0. The lowest BCUT2D eigenvalue weighted by molar-refractivity contribution is -0.225. The van der Waals surface area contributed by atoms with E-state index in [1.807, 2.05) is 0 Å². The van der Waals surface area contributed by atoms with E-state index in [1.54, 1.807) is 12.2 Å². The molecule has 1 heterocycles. The Morgan fingerprint density at radius 3 is 2.17 bits per heavy atom. The minimum absolute atomic E-state index is 0.512. The largest absolute Gasteiger partial charge is 0.343 e. The fourth-order valence-corrected chi connectivity index (χ4v) is 1.14. The van der Waals surface area contributed by atoms with Crippen molar-refractivity contribution in [3.05, 3.63) is 25.3 Å². The van der Waals surface area contributed by atoms with E-state index in [1.165, 1.54) is 0 Å². The Kier molecular flexibility index (Phi) is 3.06. The Bertz CT molecular complexity index is 157. The lowest BCUT2D eigenvalue weighted by Gasteiger charge is -2.35. The summed E-state index contributed by atoms with van der Waals surface area (Å²) in [6.45, 7) is 10.9. The molecule has 1 rings (SSSR count). The van der Waals surface area contributed by atoms with Crippen molar-refractivity contribution in [2.75, 3.05) is 13.2 Å². The van der Waals surface area contributed by atoms with Crippen LogP contribution in [0.3, 0.4) is 0 Å². The van der Waals surface area contributed by atoms with E-state index in [0.29, 0.717) is 5.92 Å². The summed E-state index contributed by atoms with van der Waals surface area (Å²) in [5.74, 6) is -0.218. The van der Waals surface area contributed by atoms with Crippen molar-refractivity contribution in [3.63, 3.8) is 0 Å². The Morgan fingerprint density at radius 1 is 1.33 bits per heavy atom. The molecule has 1 fully saturated rings. The Hall–Kier alpha value is -0.600. The summed E-state index contributed by atoms with van der Waals surface area (Å²) in [5, 5.41) is 0. The summed E-state index contributed by atoms with van der Waals surface area (Å²) in [6.07, 6.45) is 4.38. The highest BCUT2D eigenvalue weighted by molar-refractivity contribution is 5.04. The van der Waals surface area contributed by atoms with Crippen LogP contribution in [-0.4, -0.2) is 19.0 Å². The molecule has 1 aliphatic rings. The van der Waals surface area contributed by atoms with Crippen molar-refractivity contribution >= 4 is 0 Å². The van der Waals surface area contributed by atoms with Crippen molar-refractivity contribution in [3.8, 4) is 0 Å². The zero-order valence-corrected chi connectivity index (χ0v) is 7.58. The van der Waals surface area contributed by atoms with Crippen molar-refractivity contribution in [2.24, 2.45) is 5.92 Å². The molecule has 0 amide bonds. The molecule has 0 N–H and O–H groups in total. The van der Waals surface area contributed by atoms with Gasteiger partial charge in [-0.15, -0.1) is 0 Å². The predicted octanol–water partition coefficient (Wildman–Crippen LogP) is 2.13. The summed E-state index contributed by atoms with van der Waals surface area (Å²) in [4.78, 5) is 0. The van der Waals surface area contributed by atoms with Crippen LogP contribution >= 0.6 is 0 Å². The molecule has 0 spiro atoms. The SMILES string of the molecule is C=CC1(C=C)OCC(CC)CO1. The van der Waals surface area contributed by atoms with Crippen molar-refractivity contribution in [1.82, 2.24) is 0 Å². The fraction of sp³-hybridized carbons (Fsp3) is 0.600. The Labute approximate surface area is 73.9 Å². The Morgan fingerprint density at radius 2 is 1.83 bits per heavy atom. The first kappa shape index (κ1) is 9.49. The van der Waals surface area contributed by atoms with Gasteiger partial charge in [-0.3, -0.25) is 0 Å². The molecular formula is C10H16O2. The van der Waals surface area contributed by atoms with Crippen LogP contribution in [0.4, 0.5) is 0 Å². The van der Waals surface area contributed by atoms with Gasteiger partial charge in [0.25, 0.3) is 0 Å². The van der Waals surface area contributed by atoms with E-state index in [9.17, 15) is 0 Å². The van der Waals surface area contributed by atoms with Gasteiger partial charge in [0.05, 0.1) is 13.2 Å². The first-order valence-electron chi connectivity index (χ1n) is 4.31. The molecule has 0 radical (unpaired) electrons. The molecule has 1 aliphatic heterocycles. The minimum Gasteiger partial charge on any atom is -0.343 e. The summed E-state index contributed by atoms with van der Waals surface area (Å²) in [7, 11) is 0. The molecule has 0 saturated carbocycles. The van der Waals surface area contributed by atoms with Gasteiger partial charge in [0.15, 0.2) is 0 Å². The predicted molar refractivity (Wildman–Crippen MR) is 48.8 cm³/mol. The molecule has 0 atom stereocenters. The van der Waals surface area contributed by atoms with Gasteiger partial charge in [-0.25, -0.2) is 0 Å². The van der Waals surface area contributed by atoms with Gasteiger partial charge in [0, 0.05) is 5.92 Å². The number of rotatable bonds is 3. The monoisotopic (exact) mass is 168 g/mol. The lowest BCUT2D eigenvalue weighted by Crippen LogP contribution is -2.40. The zero-order chi connectivity index (χ0) is 9.03. The van der Waals surface area contributed by atoms with Crippen molar-refractivity contribution in [2.45, 2.75) is 19.1 Å². The number of hydrogen-bond acceptors (Lipinski definition) is 2. The highest BCUT2D eigenvalue weighted by Gasteiger charge is 2.30. The van der Waals surface area contributed by atoms with Crippen LogP contribution in [0.2, 0.25) is 0 Å². The van der Waals surface area contributed by atoms with Gasteiger partial charge in [0.1, 0.15) is 0 Å². The van der Waals surface area contributed by atoms with Gasteiger partial charge < -0.3 is 9.47 Å². The van der Waals surface area contributed by atoms with Crippen LogP contribution in [0.1, 0.15) is 13.3 Å². The van der Waals surface area contributed by atoms with Gasteiger partial charge in [-0.05, 0) is 18.6 Å². The van der Waals surface area contributed by atoms with Crippen LogP contribution in [0.15, 0.2) is 25.3 Å². The van der Waals surface area contributed by atoms with E-state index in [-0.39, 0.29) is 0 Å². The van der Waals surface area contributed by atoms with Gasteiger partial charge in [-0.1, -0.05) is 20.1 Å². The third kappa shape index (κ3) is 1.76. The van der Waals surface area contributed by atoms with Crippen LogP contribution in [0.25, 0.3) is 0 Å². The molecule has 12 heavy (non-hydrogen) atoms. The molecular weight excluding hydrogens is 152 g/mol. The molecule has 0 aliphatic carbocycles. The third-order valence-electron chi connectivity index (χ3n) is 2.24. The summed E-state index contributed by atoms with van der Waals surface area (Å²) >= 11 is 0. The third-order valence-corrected chi connectivity index (χ3v) is 2.24. The molecule has 0 aromatic carbocycles. The highest BCUT2D eigenvalue weighted by atomic mass is 16.7. The molecule has 2 heteroatoms. The summed E-state index contributed by atoms with van der Waals surface area (Å²) in [6, 6.07) is 0. The second-order valence-electron chi connectivity index (χ2n) is 3.03. The summed E-state index contributed by atoms with van der Waals surface area (Å²) in [5.41, 5.74) is 0. The molecule has 0 unspecified atom stereocenters. The smallest absolute Gasteiger partial charge is 0.207 e. The lowest BCUT2D eigenvalue weighted by atomic mass is 10.1. The Balaban J connectivity index is 2.53. The van der Waals surface area contributed by atoms with Crippen LogP contribution in [0.5, 0.6) is 0 Å². The van der Waals surface area contributed by atoms with Crippen LogP contribution in [-0.2, 0) is 9.47 Å². The van der Waals surface area contributed by atoms with Crippen LogP contribution in [0, 0.1) is 5.92 Å². The average Bonchev–Trinajstić information content (AvgIpc) is 2.18.